The summed E-state index contributed by atoms with van der Waals surface area (Å²) in [6.07, 6.45) is 0.137. The summed E-state index contributed by atoms with van der Waals surface area (Å²) in [6, 6.07) is 8.13. The average molecular weight is 279 g/mol. The summed E-state index contributed by atoms with van der Waals surface area (Å²) in [7, 11) is 0. The van der Waals surface area contributed by atoms with E-state index in [0.29, 0.717) is 25.6 Å². The first-order chi connectivity index (χ1) is 9.49. The van der Waals surface area contributed by atoms with E-state index in [-0.39, 0.29) is 6.42 Å². The molecule has 112 valence electrons. The molecule has 20 heavy (non-hydrogen) atoms. The first kappa shape index (κ1) is 16.5. The van der Waals surface area contributed by atoms with Crippen molar-refractivity contribution >= 4 is 11.7 Å². The molecule has 0 bridgehead atoms. The lowest BCUT2D eigenvalue weighted by Gasteiger charge is -2.24. The van der Waals surface area contributed by atoms with E-state index in [4.69, 9.17) is 9.84 Å². The molecule has 1 aromatic rings. The van der Waals surface area contributed by atoms with Gasteiger partial charge < -0.3 is 14.7 Å². The van der Waals surface area contributed by atoms with Gasteiger partial charge in [0.15, 0.2) is 0 Å². The fourth-order valence-corrected chi connectivity index (χ4v) is 1.85. The van der Waals surface area contributed by atoms with Crippen LogP contribution in [0.1, 0.15) is 25.8 Å². The van der Waals surface area contributed by atoms with Crippen molar-refractivity contribution in [3.8, 4) is 0 Å². The Morgan fingerprint density at radius 3 is 2.45 bits per heavy atom. The second kappa shape index (κ2) is 8.59. The standard InChI is InChI=1S/C16H25NO3/c1-13(2)12-20-11-10-17(9-8-16(18)19)15-6-4-14(3)5-7-15/h4-7,13H,8-12H2,1-3H3,(H,18,19). The number of rotatable bonds is 9. The molecule has 1 N–H and O–H groups in total. The zero-order valence-corrected chi connectivity index (χ0v) is 12.6. The Labute approximate surface area is 121 Å². The molecular weight excluding hydrogens is 254 g/mol. The Morgan fingerprint density at radius 1 is 1.25 bits per heavy atom. The number of anilines is 1. The minimum atomic E-state index is -0.773. The van der Waals surface area contributed by atoms with Crippen LogP contribution < -0.4 is 4.90 Å². The van der Waals surface area contributed by atoms with Crippen LogP contribution in [0.3, 0.4) is 0 Å². The molecule has 4 heteroatoms. The van der Waals surface area contributed by atoms with E-state index in [9.17, 15) is 4.79 Å². The number of nitrogens with zero attached hydrogens (tertiary/aromatic N) is 1. The largest absolute Gasteiger partial charge is 0.481 e. The van der Waals surface area contributed by atoms with Crippen molar-refractivity contribution in [2.45, 2.75) is 27.2 Å². The zero-order chi connectivity index (χ0) is 15.0. The first-order valence-electron chi connectivity index (χ1n) is 7.10. The summed E-state index contributed by atoms with van der Waals surface area (Å²) in [4.78, 5) is 12.8. The topological polar surface area (TPSA) is 49.8 Å². The van der Waals surface area contributed by atoms with Crippen molar-refractivity contribution < 1.29 is 14.6 Å². The van der Waals surface area contributed by atoms with Crippen LogP contribution in [0.2, 0.25) is 0 Å². The molecule has 0 saturated heterocycles. The van der Waals surface area contributed by atoms with Crippen molar-refractivity contribution in [1.82, 2.24) is 0 Å². The van der Waals surface area contributed by atoms with E-state index in [2.05, 4.69) is 18.7 Å². The summed E-state index contributed by atoms with van der Waals surface area (Å²) >= 11 is 0. The number of hydrogen-bond donors (Lipinski definition) is 1. The summed E-state index contributed by atoms with van der Waals surface area (Å²) in [6.45, 7) is 8.83. The van der Waals surface area contributed by atoms with E-state index in [1.54, 1.807) is 0 Å². The molecule has 0 aliphatic heterocycles. The molecule has 0 atom stereocenters. The van der Waals surface area contributed by atoms with Crippen LogP contribution in [-0.4, -0.2) is 37.4 Å². The first-order valence-corrected chi connectivity index (χ1v) is 7.10. The van der Waals surface area contributed by atoms with Crippen LogP contribution in [0.4, 0.5) is 5.69 Å². The Morgan fingerprint density at radius 2 is 1.90 bits per heavy atom. The van der Waals surface area contributed by atoms with Gasteiger partial charge >= 0.3 is 5.97 Å². The molecule has 0 aliphatic rings. The van der Waals surface area contributed by atoms with Crippen LogP contribution in [0, 0.1) is 12.8 Å². The molecule has 4 nitrogen and oxygen atoms in total. The summed E-state index contributed by atoms with van der Waals surface area (Å²) in [5, 5.41) is 8.84. The number of carbonyl (C=O) groups is 1. The van der Waals surface area contributed by atoms with Gasteiger partial charge in [0.2, 0.25) is 0 Å². The molecule has 0 fully saturated rings. The van der Waals surface area contributed by atoms with E-state index >= 15 is 0 Å². The molecule has 0 amide bonds. The highest BCUT2D eigenvalue weighted by atomic mass is 16.5. The molecule has 0 heterocycles. The smallest absolute Gasteiger partial charge is 0.305 e. The van der Waals surface area contributed by atoms with Crippen molar-refractivity contribution in [3.63, 3.8) is 0 Å². The van der Waals surface area contributed by atoms with Crippen LogP contribution in [0.15, 0.2) is 24.3 Å². The van der Waals surface area contributed by atoms with Gasteiger partial charge in [-0.2, -0.15) is 0 Å². The highest BCUT2D eigenvalue weighted by Crippen LogP contribution is 2.15. The normalized spacial score (nSPS) is 10.8. The monoisotopic (exact) mass is 279 g/mol. The number of benzene rings is 1. The Balaban J connectivity index is 2.55. The summed E-state index contributed by atoms with van der Waals surface area (Å²) in [5.41, 5.74) is 2.24. The van der Waals surface area contributed by atoms with E-state index in [0.717, 1.165) is 12.3 Å². The molecule has 0 radical (unpaired) electrons. The zero-order valence-electron chi connectivity index (χ0n) is 12.6. The van der Waals surface area contributed by atoms with Gasteiger partial charge in [-0.1, -0.05) is 31.5 Å². The van der Waals surface area contributed by atoms with Gasteiger partial charge in [-0.05, 0) is 25.0 Å². The number of hydrogen-bond acceptors (Lipinski definition) is 3. The van der Waals surface area contributed by atoms with Gasteiger partial charge in [0.05, 0.1) is 13.0 Å². The van der Waals surface area contributed by atoms with E-state index < -0.39 is 5.97 Å². The van der Waals surface area contributed by atoms with Gasteiger partial charge in [0.1, 0.15) is 0 Å². The number of aliphatic carboxylic acids is 1. The number of carboxylic acids is 1. The lowest BCUT2D eigenvalue weighted by atomic mass is 10.2. The lowest BCUT2D eigenvalue weighted by Crippen LogP contribution is -2.30. The Bertz CT molecular complexity index is 401. The fraction of sp³-hybridized carbons (Fsp3) is 0.562. The molecule has 0 saturated carbocycles. The van der Waals surface area contributed by atoms with Crippen LogP contribution in [0.25, 0.3) is 0 Å². The highest BCUT2D eigenvalue weighted by molar-refractivity contribution is 5.67. The van der Waals surface area contributed by atoms with Crippen LogP contribution in [-0.2, 0) is 9.53 Å². The van der Waals surface area contributed by atoms with Gasteiger partial charge in [-0.25, -0.2) is 0 Å². The van der Waals surface area contributed by atoms with Crippen LogP contribution in [0.5, 0.6) is 0 Å². The van der Waals surface area contributed by atoms with Crippen molar-refractivity contribution in [3.05, 3.63) is 29.8 Å². The molecule has 0 unspecified atom stereocenters. The molecule has 1 aromatic carbocycles. The molecule has 0 aliphatic carbocycles. The molecule has 0 spiro atoms. The van der Waals surface area contributed by atoms with Gasteiger partial charge in [0.25, 0.3) is 0 Å². The molecule has 0 aromatic heterocycles. The predicted octanol–water partition coefficient (Wildman–Crippen LogP) is 2.95. The van der Waals surface area contributed by atoms with Crippen molar-refractivity contribution in [1.29, 1.82) is 0 Å². The third-order valence-corrected chi connectivity index (χ3v) is 2.95. The fourth-order valence-electron chi connectivity index (χ4n) is 1.85. The number of ether oxygens (including phenoxy) is 1. The third-order valence-electron chi connectivity index (χ3n) is 2.95. The third kappa shape index (κ3) is 6.57. The maximum absolute atomic E-state index is 10.8. The SMILES string of the molecule is Cc1ccc(N(CCOCC(C)C)CCC(=O)O)cc1. The Kier molecular flexibility index (Phi) is 7.09. The maximum atomic E-state index is 10.8. The maximum Gasteiger partial charge on any atom is 0.305 e. The second-order valence-corrected chi connectivity index (χ2v) is 5.44. The lowest BCUT2D eigenvalue weighted by molar-refractivity contribution is -0.136. The van der Waals surface area contributed by atoms with Crippen molar-refractivity contribution in [2.75, 3.05) is 31.2 Å². The minimum Gasteiger partial charge on any atom is -0.481 e. The Hall–Kier alpha value is -1.55. The summed E-state index contributed by atoms with van der Waals surface area (Å²) in [5.74, 6) is -0.257. The highest BCUT2D eigenvalue weighted by Gasteiger charge is 2.09. The van der Waals surface area contributed by atoms with Gasteiger partial charge in [-0.15, -0.1) is 0 Å². The van der Waals surface area contributed by atoms with Crippen molar-refractivity contribution in [2.24, 2.45) is 5.92 Å². The predicted molar refractivity (Wildman–Crippen MR) is 81.3 cm³/mol. The minimum absolute atomic E-state index is 0.137. The second-order valence-electron chi connectivity index (χ2n) is 5.44. The number of aryl methyl sites for hydroxylation is 1. The van der Waals surface area contributed by atoms with Gasteiger partial charge in [0, 0.05) is 25.4 Å². The van der Waals surface area contributed by atoms with E-state index in [1.807, 2.05) is 31.2 Å². The quantitative estimate of drug-likeness (QED) is 0.706. The van der Waals surface area contributed by atoms with E-state index in [1.165, 1.54) is 5.56 Å². The molecule has 1 rings (SSSR count). The average Bonchev–Trinajstić information content (AvgIpc) is 2.38. The van der Waals surface area contributed by atoms with Gasteiger partial charge in [-0.3, -0.25) is 4.79 Å². The number of carboxylic acid groups (broad SMARTS) is 1. The molecular formula is C16H25NO3. The summed E-state index contributed by atoms with van der Waals surface area (Å²) < 4.78 is 5.59. The van der Waals surface area contributed by atoms with Crippen LogP contribution >= 0.6 is 0 Å².